The summed E-state index contributed by atoms with van der Waals surface area (Å²) in [5, 5.41) is 6.23. The molecule has 2 rings (SSSR count). The molecule has 1 aromatic carbocycles. The number of carbonyl (C=O) groups is 1. The minimum absolute atomic E-state index is 0.0799. The zero-order valence-electron chi connectivity index (χ0n) is 14.5. The van der Waals surface area contributed by atoms with Crippen molar-refractivity contribution in [2.24, 2.45) is 0 Å². The van der Waals surface area contributed by atoms with E-state index in [9.17, 15) is 4.79 Å². The van der Waals surface area contributed by atoms with Gasteiger partial charge in [0.05, 0.1) is 11.3 Å². The number of anilines is 2. The number of nitrogens with one attached hydrogen (secondary N) is 2. The van der Waals surface area contributed by atoms with E-state index >= 15 is 0 Å². The van der Waals surface area contributed by atoms with Gasteiger partial charge in [0.1, 0.15) is 0 Å². The van der Waals surface area contributed by atoms with E-state index in [4.69, 9.17) is 0 Å². The van der Waals surface area contributed by atoms with Crippen molar-refractivity contribution >= 4 is 17.3 Å². The van der Waals surface area contributed by atoms with Crippen LogP contribution in [0.5, 0.6) is 0 Å². The molecule has 0 unspecified atom stereocenters. The van der Waals surface area contributed by atoms with Gasteiger partial charge in [0.15, 0.2) is 0 Å². The van der Waals surface area contributed by atoms with E-state index in [0.29, 0.717) is 11.5 Å². The molecule has 0 fully saturated rings. The van der Waals surface area contributed by atoms with Crippen molar-refractivity contribution in [1.82, 2.24) is 4.98 Å². The lowest BCUT2D eigenvalue weighted by molar-refractivity contribution is 0.102. The number of hydrogen-bond donors (Lipinski definition) is 2. The van der Waals surface area contributed by atoms with Gasteiger partial charge in [-0.3, -0.25) is 9.78 Å². The summed E-state index contributed by atoms with van der Waals surface area (Å²) in [6.07, 6.45) is 3.30. The third kappa shape index (κ3) is 5.09. The Balaban J connectivity index is 2.10. The van der Waals surface area contributed by atoms with Crippen molar-refractivity contribution in [3.05, 3.63) is 53.9 Å². The average molecular weight is 311 g/mol. The number of amides is 1. The van der Waals surface area contributed by atoms with Crippen LogP contribution in [0.1, 0.15) is 56.5 Å². The summed E-state index contributed by atoms with van der Waals surface area (Å²) in [4.78, 5) is 16.5. The number of aromatic nitrogens is 1. The molecule has 0 saturated carbocycles. The highest BCUT2D eigenvalue weighted by Crippen LogP contribution is 2.19. The Morgan fingerprint density at radius 3 is 2.26 bits per heavy atom. The van der Waals surface area contributed by atoms with Crippen LogP contribution in [0.15, 0.2) is 42.7 Å². The van der Waals surface area contributed by atoms with Gasteiger partial charge in [-0.1, -0.05) is 26.0 Å². The van der Waals surface area contributed by atoms with Crippen LogP contribution >= 0.6 is 0 Å². The van der Waals surface area contributed by atoms with Gasteiger partial charge in [-0.2, -0.15) is 0 Å². The molecule has 23 heavy (non-hydrogen) atoms. The fourth-order valence-electron chi connectivity index (χ4n) is 2.22. The Kier molecular flexibility index (Phi) is 5.04. The van der Waals surface area contributed by atoms with Crippen LogP contribution in [0.25, 0.3) is 0 Å². The fraction of sp³-hybridized carbons (Fsp3) is 0.368. The molecule has 0 bridgehead atoms. The van der Waals surface area contributed by atoms with Gasteiger partial charge in [-0.15, -0.1) is 0 Å². The van der Waals surface area contributed by atoms with E-state index in [1.807, 2.05) is 30.3 Å². The molecule has 0 saturated heterocycles. The maximum atomic E-state index is 12.4. The number of rotatable bonds is 4. The monoisotopic (exact) mass is 311 g/mol. The zero-order valence-corrected chi connectivity index (χ0v) is 14.5. The van der Waals surface area contributed by atoms with Crippen LogP contribution < -0.4 is 10.6 Å². The van der Waals surface area contributed by atoms with Crippen LogP contribution in [0.2, 0.25) is 0 Å². The summed E-state index contributed by atoms with van der Waals surface area (Å²) in [6, 6.07) is 9.75. The average Bonchev–Trinajstić information content (AvgIpc) is 2.46. The Morgan fingerprint density at radius 2 is 1.70 bits per heavy atom. The second-order valence-electron chi connectivity index (χ2n) is 7.07. The minimum Gasteiger partial charge on any atom is -0.379 e. The smallest absolute Gasteiger partial charge is 0.257 e. The summed E-state index contributed by atoms with van der Waals surface area (Å²) in [5.74, 6) is 0.316. The van der Waals surface area contributed by atoms with Crippen molar-refractivity contribution in [2.45, 2.75) is 46.1 Å². The normalized spacial score (nSPS) is 11.4. The lowest BCUT2D eigenvalue weighted by atomic mass is 10.0. The van der Waals surface area contributed by atoms with Crippen molar-refractivity contribution < 1.29 is 4.79 Å². The summed E-state index contributed by atoms with van der Waals surface area (Å²) in [7, 11) is 0. The predicted molar refractivity (Wildman–Crippen MR) is 96.1 cm³/mol. The molecule has 0 aliphatic heterocycles. The third-order valence-corrected chi connectivity index (χ3v) is 3.35. The molecule has 1 amide bonds. The maximum absolute atomic E-state index is 12.4. The number of nitrogens with zero attached hydrogens (tertiary/aromatic N) is 1. The highest BCUT2D eigenvalue weighted by molar-refractivity contribution is 6.04. The van der Waals surface area contributed by atoms with Crippen LogP contribution in [0.3, 0.4) is 0 Å². The Labute approximate surface area is 138 Å². The molecular formula is C19H25N3O. The fourth-order valence-corrected chi connectivity index (χ4v) is 2.22. The van der Waals surface area contributed by atoms with E-state index in [1.54, 1.807) is 12.4 Å². The second-order valence-corrected chi connectivity index (χ2v) is 7.07. The standard InChI is InChI=1S/C19H25N3O/c1-13(2)14-6-8-16(9-7-14)21-18(23)15-10-17(12-20-11-15)22-19(3,4)5/h6-13,22H,1-5H3,(H,21,23). The molecule has 2 aromatic rings. The lowest BCUT2D eigenvalue weighted by Crippen LogP contribution is -2.26. The Bertz CT molecular complexity index is 670. The second kappa shape index (κ2) is 6.82. The zero-order chi connectivity index (χ0) is 17.0. The SMILES string of the molecule is CC(C)c1ccc(NC(=O)c2cncc(NC(C)(C)C)c2)cc1. The Hall–Kier alpha value is -2.36. The summed E-state index contributed by atoms with van der Waals surface area (Å²) in [5.41, 5.74) is 3.32. The number of pyridine rings is 1. The molecule has 0 aliphatic carbocycles. The topological polar surface area (TPSA) is 54.0 Å². The van der Waals surface area contributed by atoms with E-state index in [-0.39, 0.29) is 11.4 Å². The van der Waals surface area contributed by atoms with Crippen LogP contribution in [-0.2, 0) is 0 Å². The molecule has 4 heteroatoms. The highest BCUT2D eigenvalue weighted by Gasteiger charge is 2.12. The molecule has 2 N–H and O–H groups in total. The van der Waals surface area contributed by atoms with Gasteiger partial charge in [-0.05, 0) is 50.5 Å². The van der Waals surface area contributed by atoms with Crippen LogP contribution in [0, 0.1) is 0 Å². The third-order valence-electron chi connectivity index (χ3n) is 3.35. The molecule has 4 nitrogen and oxygen atoms in total. The number of benzene rings is 1. The first kappa shape index (κ1) is 17.0. The summed E-state index contributed by atoms with van der Waals surface area (Å²) in [6.45, 7) is 10.5. The first-order valence-corrected chi connectivity index (χ1v) is 7.89. The summed E-state index contributed by atoms with van der Waals surface area (Å²) >= 11 is 0. The van der Waals surface area contributed by atoms with Gasteiger partial charge < -0.3 is 10.6 Å². The van der Waals surface area contributed by atoms with Gasteiger partial charge >= 0.3 is 0 Å². The van der Waals surface area contributed by atoms with E-state index in [2.05, 4.69) is 50.2 Å². The van der Waals surface area contributed by atoms with E-state index in [0.717, 1.165) is 11.4 Å². The number of hydrogen-bond acceptors (Lipinski definition) is 3. The predicted octanol–water partition coefficient (Wildman–Crippen LogP) is 4.67. The highest BCUT2D eigenvalue weighted by atomic mass is 16.1. The largest absolute Gasteiger partial charge is 0.379 e. The molecule has 0 atom stereocenters. The van der Waals surface area contributed by atoms with Crippen LogP contribution in [0.4, 0.5) is 11.4 Å². The quantitative estimate of drug-likeness (QED) is 0.863. The van der Waals surface area contributed by atoms with E-state index < -0.39 is 0 Å². The van der Waals surface area contributed by atoms with Gasteiger partial charge in [0, 0.05) is 23.6 Å². The van der Waals surface area contributed by atoms with E-state index in [1.165, 1.54) is 5.56 Å². The first-order valence-electron chi connectivity index (χ1n) is 7.89. The minimum atomic E-state index is -0.160. The van der Waals surface area contributed by atoms with Crippen molar-refractivity contribution in [2.75, 3.05) is 10.6 Å². The van der Waals surface area contributed by atoms with Gasteiger partial charge in [0.25, 0.3) is 5.91 Å². The first-order chi connectivity index (χ1) is 10.7. The van der Waals surface area contributed by atoms with Gasteiger partial charge in [0.2, 0.25) is 0 Å². The van der Waals surface area contributed by atoms with Crippen molar-refractivity contribution in [1.29, 1.82) is 0 Å². The molecule has 1 aromatic heterocycles. The molecule has 1 heterocycles. The molecular weight excluding hydrogens is 286 g/mol. The van der Waals surface area contributed by atoms with Crippen molar-refractivity contribution in [3.63, 3.8) is 0 Å². The van der Waals surface area contributed by atoms with Gasteiger partial charge in [-0.25, -0.2) is 0 Å². The molecule has 0 aliphatic rings. The lowest BCUT2D eigenvalue weighted by Gasteiger charge is -2.22. The maximum Gasteiger partial charge on any atom is 0.257 e. The molecule has 122 valence electrons. The number of carbonyl (C=O) groups excluding carboxylic acids is 1. The Morgan fingerprint density at radius 1 is 1.04 bits per heavy atom. The summed E-state index contributed by atoms with van der Waals surface area (Å²) < 4.78 is 0. The van der Waals surface area contributed by atoms with Crippen molar-refractivity contribution in [3.8, 4) is 0 Å². The molecule has 0 radical (unpaired) electrons. The van der Waals surface area contributed by atoms with Crippen LogP contribution in [-0.4, -0.2) is 16.4 Å². The molecule has 0 spiro atoms.